The number of hydrogen-bond donors (Lipinski definition) is 1. The zero-order valence-electron chi connectivity index (χ0n) is 17.5. The third kappa shape index (κ3) is 5.78. The molecule has 0 fully saturated rings. The van der Waals surface area contributed by atoms with Gasteiger partial charge in [-0.15, -0.1) is 12.4 Å². The summed E-state index contributed by atoms with van der Waals surface area (Å²) in [5.41, 5.74) is 4.57. The average molecular weight is 448 g/mol. The van der Waals surface area contributed by atoms with Gasteiger partial charge in [-0.25, -0.2) is 4.79 Å². The van der Waals surface area contributed by atoms with Gasteiger partial charge in [0.15, 0.2) is 5.82 Å². The minimum atomic E-state index is -0.956. The number of ether oxygens (including phenoxy) is 1. The van der Waals surface area contributed by atoms with E-state index in [1.165, 1.54) is 22.7 Å². The van der Waals surface area contributed by atoms with Crippen LogP contribution in [-0.4, -0.2) is 45.5 Å². The molecule has 1 aromatic heterocycles. The lowest BCUT2D eigenvalue weighted by atomic mass is 10.0. The number of benzene rings is 2. The molecule has 0 amide bonds. The van der Waals surface area contributed by atoms with Gasteiger partial charge in [-0.1, -0.05) is 25.1 Å². The number of rotatable bonds is 8. The highest BCUT2D eigenvalue weighted by Crippen LogP contribution is 2.31. The number of nitrogens with zero attached hydrogens (tertiary/aromatic N) is 3. The van der Waals surface area contributed by atoms with Crippen LogP contribution in [0.4, 0.5) is 0 Å². The lowest BCUT2D eigenvalue weighted by Crippen LogP contribution is -2.20. The molecule has 0 saturated heterocycles. The molecule has 1 heterocycles. The van der Waals surface area contributed by atoms with E-state index >= 15 is 0 Å². The second-order valence-electron chi connectivity index (χ2n) is 7.06. The number of carboxylic acid groups (broad SMARTS) is 1. The Morgan fingerprint density at radius 1 is 1.17 bits per heavy atom. The average Bonchev–Trinajstić information content (AvgIpc) is 3.17. The fourth-order valence-electron chi connectivity index (χ4n) is 2.92. The molecule has 0 aliphatic carbocycles. The fraction of sp³-hybridized carbons (Fsp3) is 0.318. The monoisotopic (exact) mass is 447 g/mol. The van der Waals surface area contributed by atoms with E-state index in [1.54, 1.807) is 24.3 Å². The van der Waals surface area contributed by atoms with Gasteiger partial charge >= 0.3 is 5.97 Å². The van der Waals surface area contributed by atoms with Crippen molar-refractivity contribution in [2.24, 2.45) is 0 Å². The Morgan fingerprint density at radius 2 is 1.87 bits per heavy atom. The first-order valence-corrected chi connectivity index (χ1v) is 10.3. The number of aryl methyl sites for hydroxylation is 2. The highest BCUT2D eigenvalue weighted by Gasteiger charge is 2.12. The van der Waals surface area contributed by atoms with Gasteiger partial charge in [0, 0.05) is 23.6 Å². The van der Waals surface area contributed by atoms with Crippen molar-refractivity contribution in [1.29, 1.82) is 0 Å². The first kappa shape index (κ1) is 23.8. The molecule has 0 atom stereocenters. The molecule has 0 bridgehead atoms. The van der Waals surface area contributed by atoms with Crippen LogP contribution in [0.15, 0.2) is 36.4 Å². The van der Waals surface area contributed by atoms with Gasteiger partial charge in [-0.05, 0) is 68.8 Å². The lowest BCUT2D eigenvalue weighted by Gasteiger charge is -2.16. The number of aromatic carboxylic acids is 1. The zero-order valence-corrected chi connectivity index (χ0v) is 19.1. The van der Waals surface area contributed by atoms with E-state index in [9.17, 15) is 4.79 Å². The summed E-state index contributed by atoms with van der Waals surface area (Å²) in [6, 6.07) is 10.7. The maximum absolute atomic E-state index is 11.0. The largest absolute Gasteiger partial charge is 0.478 e. The van der Waals surface area contributed by atoms with Gasteiger partial charge in [-0.3, -0.25) is 0 Å². The van der Waals surface area contributed by atoms with Gasteiger partial charge in [0.1, 0.15) is 5.75 Å². The number of likely N-dealkylation sites (N-methyl/N-ethyl adjacent to an activating group) is 1. The summed E-state index contributed by atoms with van der Waals surface area (Å²) in [6.45, 7) is 8.36. The molecule has 0 saturated carbocycles. The topological polar surface area (TPSA) is 75.5 Å². The Morgan fingerprint density at radius 3 is 2.50 bits per heavy atom. The van der Waals surface area contributed by atoms with Crippen LogP contribution in [0, 0.1) is 13.8 Å². The first-order chi connectivity index (χ1) is 13.9. The molecule has 30 heavy (non-hydrogen) atoms. The standard InChI is InChI=1S/C22H25N3O3S.ClH/c1-5-25(4)11-10-18-12-15(3)19(13-14(18)2)28-22-23-20(24-29-22)16-6-8-17(9-7-16)21(26)27;/h6-9,12-13H,5,10-11H2,1-4H3,(H,26,27);1H. The van der Waals surface area contributed by atoms with Crippen molar-refractivity contribution in [3.05, 3.63) is 58.7 Å². The van der Waals surface area contributed by atoms with Gasteiger partial charge < -0.3 is 14.7 Å². The van der Waals surface area contributed by atoms with E-state index in [2.05, 4.69) is 47.3 Å². The zero-order chi connectivity index (χ0) is 21.0. The summed E-state index contributed by atoms with van der Waals surface area (Å²) in [6.07, 6.45) is 1.01. The highest BCUT2D eigenvalue weighted by molar-refractivity contribution is 7.07. The van der Waals surface area contributed by atoms with Crippen LogP contribution < -0.4 is 4.74 Å². The SMILES string of the molecule is CCN(C)CCc1cc(C)c(Oc2nc(-c3ccc(C(=O)O)cc3)ns2)cc1C.Cl. The Labute approximate surface area is 187 Å². The van der Waals surface area contributed by atoms with Crippen LogP contribution in [0.2, 0.25) is 0 Å². The molecule has 0 spiro atoms. The van der Waals surface area contributed by atoms with Crippen LogP contribution in [0.5, 0.6) is 10.9 Å². The second kappa shape index (κ2) is 10.5. The van der Waals surface area contributed by atoms with Crippen LogP contribution in [0.1, 0.15) is 34.0 Å². The molecular formula is C22H26ClN3O3S. The summed E-state index contributed by atoms with van der Waals surface area (Å²) in [5.74, 6) is 0.344. The Bertz CT molecular complexity index is 1010. The molecule has 160 valence electrons. The molecule has 2 aromatic carbocycles. The Kier molecular flexibility index (Phi) is 8.34. The van der Waals surface area contributed by atoms with Crippen LogP contribution >= 0.6 is 23.9 Å². The molecule has 3 aromatic rings. The molecule has 0 radical (unpaired) electrons. The van der Waals surface area contributed by atoms with Crippen molar-refractivity contribution in [2.75, 3.05) is 20.1 Å². The predicted molar refractivity (Wildman–Crippen MR) is 122 cm³/mol. The van der Waals surface area contributed by atoms with Crippen LogP contribution in [-0.2, 0) is 6.42 Å². The number of aromatic nitrogens is 2. The number of halogens is 1. The third-order valence-electron chi connectivity index (χ3n) is 4.93. The van der Waals surface area contributed by atoms with Gasteiger partial charge in [-0.2, -0.15) is 9.36 Å². The van der Waals surface area contributed by atoms with E-state index in [0.717, 1.165) is 36.4 Å². The number of hydrogen-bond acceptors (Lipinski definition) is 6. The molecule has 0 aliphatic rings. The normalized spacial score (nSPS) is 10.7. The second-order valence-corrected chi connectivity index (χ2v) is 7.77. The molecule has 0 aliphatic heterocycles. The molecule has 1 N–H and O–H groups in total. The third-order valence-corrected chi connectivity index (χ3v) is 5.53. The minimum Gasteiger partial charge on any atom is -0.478 e. The van der Waals surface area contributed by atoms with Crippen molar-refractivity contribution in [3.8, 4) is 22.3 Å². The van der Waals surface area contributed by atoms with E-state index < -0.39 is 5.97 Å². The number of carbonyl (C=O) groups is 1. The summed E-state index contributed by atoms with van der Waals surface area (Å²) >= 11 is 1.18. The van der Waals surface area contributed by atoms with Crippen LogP contribution in [0.25, 0.3) is 11.4 Å². The highest BCUT2D eigenvalue weighted by atomic mass is 35.5. The molecule has 3 rings (SSSR count). The first-order valence-electron chi connectivity index (χ1n) is 9.51. The van der Waals surface area contributed by atoms with E-state index in [-0.39, 0.29) is 18.0 Å². The van der Waals surface area contributed by atoms with Crippen molar-refractivity contribution in [1.82, 2.24) is 14.3 Å². The van der Waals surface area contributed by atoms with Crippen molar-refractivity contribution in [3.63, 3.8) is 0 Å². The summed E-state index contributed by atoms with van der Waals surface area (Å²) < 4.78 is 10.3. The maximum atomic E-state index is 11.0. The molecular weight excluding hydrogens is 422 g/mol. The predicted octanol–water partition coefficient (Wildman–Crippen LogP) is 5.23. The van der Waals surface area contributed by atoms with Crippen molar-refractivity contribution in [2.45, 2.75) is 27.2 Å². The summed E-state index contributed by atoms with van der Waals surface area (Å²) in [7, 11) is 2.13. The van der Waals surface area contributed by atoms with E-state index in [1.807, 2.05) is 6.92 Å². The maximum Gasteiger partial charge on any atom is 0.335 e. The van der Waals surface area contributed by atoms with Gasteiger partial charge in [0.2, 0.25) is 0 Å². The Balaban J connectivity index is 0.00000320. The molecule has 6 nitrogen and oxygen atoms in total. The van der Waals surface area contributed by atoms with E-state index in [4.69, 9.17) is 9.84 Å². The van der Waals surface area contributed by atoms with Gasteiger partial charge in [0.25, 0.3) is 5.19 Å². The Hall–Kier alpha value is -2.48. The van der Waals surface area contributed by atoms with E-state index in [0.29, 0.717) is 11.0 Å². The van der Waals surface area contributed by atoms with Crippen LogP contribution in [0.3, 0.4) is 0 Å². The fourth-order valence-corrected chi connectivity index (χ4v) is 3.49. The quantitative estimate of drug-likeness (QED) is 0.509. The smallest absolute Gasteiger partial charge is 0.335 e. The van der Waals surface area contributed by atoms with Crippen molar-refractivity contribution >= 4 is 29.9 Å². The van der Waals surface area contributed by atoms with Gasteiger partial charge in [0.05, 0.1) is 5.56 Å². The molecule has 0 unspecified atom stereocenters. The summed E-state index contributed by atoms with van der Waals surface area (Å²) in [5, 5.41) is 9.47. The lowest BCUT2D eigenvalue weighted by molar-refractivity contribution is 0.0697. The number of carboxylic acids is 1. The van der Waals surface area contributed by atoms with Crippen molar-refractivity contribution < 1.29 is 14.6 Å². The molecule has 8 heteroatoms. The summed E-state index contributed by atoms with van der Waals surface area (Å²) in [4.78, 5) is 17.7. The minimum absolute atomic E-state index is 0.